The predicted octanol–water partition coefficient (Wildman–Crippen LogP) is 4.53. The molecule has 4 aliphatic rings. The number of esters is 1. The molecule has 130 valence electrons. The summed E-state index contributed by atoms with van der Waals surface area (Å²) in [5.41, 5.74) is 0.288. The van der Waals surface area contributed by atoms with Crippen LogP contribution in [0.1, 0.15) is 80.1 Å². The van der Waals surface area contributed by atoms with Gasteiger partial charge in [-0.3, -0.25) is 9.59 Å². The summed E-state index contributed by atoms with van der Waals surface area (Å²) in [6.45, 7) is 12.9. The number of fused-ring (bicyclic) bond motifs is 2. The van der Waals surface area contributed by atoms with E-state index >= 15 is 0 Å². The Hall–Kier alpha value is -0.860. The van der Waals surface area contributed by atoms with Crippen LogP contribution in [0.25, 0.3) is 0 Å². The normalized spacial score (nSPS) is 44.3. The quantitative estimate of drug-likeness (QED) is 0.667. The van der Waals surface area contributed by atoms with Crippen LogP contribution in [0.15, 0.2) is 0 Å². The Morgan fingerprint density at radius 3 is 2.22 bits per heavy atom. The van der Waals surface area contributed by atoms with Gasteiger partial charge in [0.1, 0.15) is 11.9 Å². The van der Waals surface area contributed by atoms with E-state index in [0.717, 1.165) is 38.5 Å². The largest absolute Gasteiger partial charge is 0.463 e. The number of carbonyl (C=O) groups excluding carboxylic acids is 2. The maximum atomic E-state index is 13.0. The van der Waals surface area contributed by atoms with Crippen molar-refractivity contribution >= 4 is 11.8 Å². The van der Waals surface area contributed by atoms with Crippen LogP contribution in [-0.4, -0.2) is 17.9 Å². The standard InChI is InChI=1S/C20H32O3/c1-13(21)23-14-7-17(2,3)10-20(8-14)12-19(6)9-15(22)16(20)18(4,5)11-19/h14,16H,7-12H2,1-6H3/t14-,16+,19+,20-/m1/s1. The second-order valence-electron chi connectivity index (χ2n) is 10.6. The molecule has 0 saturated heterocycles. The zero-order valence-electron chi connectivity index (χ0n) is 15.6. The van der Waals surface area contributed by atoms with Gasteiger partial charge in [-0.1, -0.05) is 34.6 Å². The first kappa shape index (κ1) is 17.0. The zero-order valence-corrected chi connectivity index (χ0v) is 15.6. The molecule has 4 aliphatic carbocycles. The Morgan fingerprint density at radius 2 is 1.70 bits per heavy atom. The molecule has 3 nitrogen and oxygen atoms in total. The molecule has 0 heterocycles. The minimum atomic E-state index is -0.194. The highest BCUT2D eigenvalue weighted by molar-refractivity contribution is 5.85. The Balaban J connectivity index is 2.01. The lowest BCUT2D eigenvalue weighted by atomic mass is 9.38. The van der Waals surface area contributed by atoms with Gasteiger partial charge >= 0.3 is 5.97 Å². The molecule has 0 radical (unpaired) electrons. The fourth-order valence-electron chi connectivity index (χ4n) is 7.38. The third kappa shape index (κ3) is 2.85. The summed E-state index contributed by atoms with van der Waals surface area (Å²) >= 11 is 0. The van der Waals surface area contributed by atoms with Crippen LogP contribution in [0.3, 0.4) is 0 Å². The first-order valence-electron chi connectivity index (χ1n) is 9.07. The highest BCUT2D eigenvalue weighted by Crippen LogP contribution is 2.69. The summed E-state index contributed by atoms with van der Waals surface area (Å²) in [6, 6.07) is 0. The molecule has 2 bridgehead atoms. The number of ether oxygens (including phenoxy) is 1. The van der Waals surface area contributed by atoms with E-state index in [4.69, 9.17) is 4.74 Å². The minimum absolute atomic E-state index is 0.00764. The minimum Gasteiger partial charge on any atom is -0.463 e. The van der Waals surface area contributed by atoms with Crippen LogP contribution in [0.2, 0.25) is 0 Å². The van der Waals surface area contributed by atoms with Gasteiger partial charge in [-0.05, 0) is 53.8 Å². The Kier molecular flexibility index (Phi) is 3.56. The Morgan fingerprint density at radius 1 is 1.04 bits per heavy atom. The van der Waals surface area contributed by atoms with Crippen molar-refractivity contribution in [3.8, 4) is 0 Å². The molecule has 4 saturated carbocycles. The molecule has 1 spiro atoms. The van der Waals surface area contributed by atoms with Crippen molar-refractivity contribution in [3.05, 3.63) is 0 Å². The molecule has 0 N–H and O–H groups in total. The molecule has 0 aromatic rings. The molecule has 0 aliphatic heterocycles. The van der Waals surface area contributed by atoms with Crippen molar-refractivity contribution in [2.45, 2.75) is 86.2 Å². The molecule has 0 aromatic heterocycles. The Bertz CT molecular complexity index is 540. The number of hydrogen-bond donors (Lipinski definition) is 0. The zero-order chi connectivity index (χ0) is 17.3. The lowest BCUT2D eigenvalue weighted by molar-refractivity contribution is -0.192. The van der Waals surface area contributed by atoms with Gasteiger partial charge in [0.25, 0.3) is 0 Å². The highest BCUT2D eigenvalue weighted by Gasteiger charge is 2.65. The van der Waals surface area contributed by atoms with Gasteiger partial charge in [0.2, 0.25) is 0 Å². The van der Waals surface area contributed by atoms with Crippen molar-refractivity contribution in [1.82, 2.24) is 0 Å². The first-order valence-corrected chi connectivity index (χ1v) is 9.07. The fraction of sp³-hybridized carbons (Fsp3) is 0.900. The smallest absolute Gasteiger partial charge is 0.302 e. The van der Waals surface area contributed by atoms with Crippen LogP contribution in [0, 0.1) is 27.6 Å². The van der Waals surface area contributed by atoms with Gasteiger partial charge in [0.05, 0.1) is 0 Å². The maximum absolute atomic E-state index is 13.0. The molecule has 4 atom stereocenters. The summed E-state index contributed by atoms with van der Waals surface area (Å²) in [4.78, 5) is 24.5. The van der Waals surface area contributed by atoms with Crippen LogP contribution in [-0.2, 0) is 14.3 Å². The summed E-state index contributed by atoms with van der Waals surface area (Å²) in [7, 11) is 0. The van der Waals surface area contributed by atoms with Gasteiger partial charge in [0.15, 0.2) is 0 Å². The van der Waals surface area contributed by atoms with E-state index in [-0.39, 0.29) is 39.7 Å². The average Bonchev–Trinajstić information content (AvgIpc) is 2.17. The number of rotatable bonds is 1. The van der Waals surface area contributed by atoms with Crippen molar-refractivity contribution in [2.24, 2.45) is 27.6 Å². The van der Waals surface area contributed by atoms with Crippen molar-refractivity contribution in [3.63, 3.8) is 0 Å². The molecule has 4 rings (SSSR count). The van der Waals surface area contributed by atoms with Crippen LogP contribution in [0.4, 0.5) is 0 Å². The lowest BCUT2D eigenvalue weighted by Crippen LogP contribution is -2.62. The third-order valence-corrected chi connectivity index (χ3v) is 6.56. The SMILES string of the molecule is CC(=O)O[C@@H]1CC(C)(C)C[C@]2(C1)C[C@@]1(C)CC(=O)[C@H]2C(C)(C)C1. The van der Waals surface area contributed by atoms with Gasteiger partial charge in [-0.25, -0.2) is 0 Å². The molecule has 0 aromatic carbocycles. The molecule has 3 heteroatoms. The summed E-state index contributed by atoms with van der Waals surface area (Å²) < 4.78 is 5.65. The predicted molar refractivity (Wildman–Crippen MR) is 89.9 cm³/mol. The van der Waals surface area contributed by atoms with Crippen molar-refractivity contribution < 1.29 is 14.3 Å². The number of carbonyl (C=O) groups is 2. The maximum Gasteiger partial charge on any atom is 0.302 e. The summed E-state index contributed by atoms with van der Waals surface area (Å²) in [6.07, 6.45) is 5.80. The van der Waals surface area contributed by atoms with Gasteiger partial charge in [-0.15, -0.1) is 0 Å². The topological polar surface area (TPSA) is 43.4 Å². The van der Waals surface area contributed by atoms with Crippen molar-refractivity contribution in [1.29, 1.82) is 0 Å². The van der Waals surface area contributed by atoms with Gasteiger partial charge in [-0.2, -0.15) is 0 Å². The monoisotopic (exact) mass is 320 g/mol. The summed E-state index contributed by atoms with van der Waals surface area (Å²) in [5, 5.41) is 0. The first-order chi connectivity index (χ1) is 10.4. The summed E-state index contributed by atoms with van der Waals surface area (Å²) in [5.74, 6) is 0.379. The molecule has 23 heavy (non-hydrogen) atoms. The van der Waals surface area contributed by atoms with E-state index in [0.29, 0.717) is 5.78 Å². The number of hydrogen-bond acceptors (Lipinski definition) is 3. The van der Waals surface area contributed by atoms with E-state index in [2.05, 4.69) is 34.6 Å². The van der Waals surface area contributed by atoms with Gasteiger partial charge in [0, 0.05) is 19.3 Å². The van der Waals surface area contributed by atoms with Crippen LogP contribution < -0.4 is 0 Å². The molecular weight excluding hydrogens is 288 g/mol. The highest BCUT2D eigenvalue weighted by atomic mass is 16.5. The number of Topliss-reactive ketones (excluding diaryl/α,β-unsaturated/α-hetero) is 1. The fourth-order valence-corrected chi connectivity index (χ4v) is 7.38. The lowest BCUT2D eigenvalue weighted by Gasteiger charge is -2.65. The van der Waals surface area contributed by atoms with Crippen molar-refractivity contribution in [2.75, 3.05) is 0 Å². The molecule has 0 unspecified atom stereocenters. The van der Waals surface area contributed by atoms with Crippen LogP contribution in [0.5, 0.6) is 0 Å². The van der Waals surface area contributed by atoms with E-state index in [1.54, 1.807) is 0 Å². The number of ketones is 1. The van der Waals surface area contributed by atoms with E-state index in [9.17, 15) is 9.59 Å². The molecule has 0 amide bonds. The van der Waals surface area contributed by atoms with E-state index < -0.39 is 0 Å². The molecule has 4 fully saturated rings. The van der Waals surface area contributed by atoms with E-state index in [1.807, 2.05) is 0 Å². The second-order valence-corrected chi connectivity index (χ2v) is 10.6. The third-order valence-electron chi connectivity index (χ3n) is 6.56. The van der Waals surface area contributed by atoms with Crippen LogP contribution >= 0.6 is 0 Å². The van der Waals surface area contributed by atoms with E-state index in [1.165, 1.54) is 6.92 Å². The average molecular weight is 320 g/mol. The Labute approximate surface area is 140 Å². The van der Waals surface area contributed by atoms with Gasteiger partial charge < -0.3 is 4.74 Å². The molecular formula is C20H32O3. The second kappa shape index (κ2) is 4.83.